The largest absolute Gasteiger partial charge is 0.496 e. The molecule has 0 saturated carbocycles. The molecule has 11 nitrogen and oxygen atoms in total. The highest BCUT2D eigenvalue weighted by molar-refractivity contribution is 7.21. The van der Waals surface area contributed by atoms with Gasteiger partial charge in [-0.05, 0) is 62.9 Å². The number of hydrogen-bond donors (Lipinski definition) is 0. The number of methoxy groups -OCH3 is 1. The number of hydrogen-bond acceptors (Lipinski definition) is 9. The van der Waals surface area contributed by atoms with Crippen LogP contribution in [-0.2, 0) is 39.6 Å². The van der Waals surface area contributed by atoms with Crippen LogP contribution in [0.4, 0.5) is 4.39 Å². The van der Waals surface area contributed by atoms with Gasteiger partial charge in [-0.15, -0.1) is 4.80 Å². The first-order valence-electron chi connectivity index (χ1n) is 16.9. The molecule has 270 valence electrons. The van der Waals surface area contributed by atoms with E-state index in [0.29, 0.717) is 52.8 Å². The second kappa shape index (κ2) is 15.9. The van der Waals surface area contributed by atoms with E-state index in [-0.39, 0.29) is 18.5 Å². The molecular weight excluding hydrogens is 686 g/mol. The van der Waals surface area contributed by atoms with E-state index in [1.165, 1.54) is 66.2 Å². The predicted octanol–water partition coefficient (Wildman–Crippen LogP) is 6.52. The van der Waals surface area contributed by atoms with Gasteiger partial charge in [0, 0.05) is 30.2 Å². The average Bonchev–Trinajstić information content (AvgIpc) is 3.80. The van der Waals surface area contributed by atoms with Crippen molar-refractivity contribution in [3.63, 3.8) is 0 Å². The van der Waals surface area contributed by atoms with Gasteiger partial charge in [0.2, 0.25) is 0 Å². The van der Waals surface area contributed by atoms with Crippen molar-refractivity contribution in [3.8, 4) is 10.8 Å². The second-order valence-electron chi connectivity index (χ2n) is 12.9. The highest BCUT2D eigenvalue weighted by Gasteiger charge is 2.37. The number of carbonyl (C=O) groups is 1. The van der Waals surface area contributed by atoms with Crippen LogP contribution in [0.5, 0.6) is 5.75 Å². The maximum Gasteiger partial charge on any atom is 0.333 e. The number of aromatic nitrogens is 5. The Labute approximate surface area is 303 Å². The van der Waals surface area contributed by atoms with E-state index < -0.39 is 34.5 Å². The zero-order valence-corrected chi connectivity index (χ0v) is 30.3. The van der Waals surface area contributed by atoms with E-state index in [1.54, 1.807) is 13.0 Å². The smallest absolute Gasteiger partial charge is 0.333 e. The van der Waals surface area contributed by atoms with Crippen LogP contribution in [0.15, 0.2) is 101 Å². The number of fused-ring (bicyclic) bond motifs is 1. The van der Waals surface area contributed by atoms with Crippen molar-refractivity contribution < 1.29 is 23.4 Å². The van der Waals surface area contributed by atoms with Gasteiger partial charge < -0.3 is 14.2 Å². The first kappa shape index (κ1) is 36.4. The third-order valence-electron chi connectivity index (χ3n) is 9.05. The number of rotatable bonds is 15. The Hall–Kier alpha value is -5.40. The van der Waals surface area contributed by atoms with Gasteiger partial charge in [-0.3, -0.25) is 9.36 Å². The Morgan fingerprint density at radius 2 is 1.60 bits per heavy atom. The van der Waals surface area contributed by atoms with Crippen LogP contribution in [0.25, 0.3) is 15.2 Å². The van der Waals surface area contributed by atoms with Gasteiger partial charge in [-0.1, -0.05) is 72.0 Å². The first-order valence-corrected chi connectivity index (χ1v) is 17.7. The molecule has 0 N–H and O–H groups in total. The molecular formula is C39H40FN5O6S. The summed E-state index contributed by atoms with van der Waals surface area (Å²) < 4.78 is 34.6. The molecule has 0 aliphatic carbocycles. The lowest BCUT2D eigenvalue weighted by Crippen LogP contribution is -2.53. The molecule has 13 heteroatoms. The molecule has 0 radical (unpaired) electrons. The normalized spacial score (nSPS) is 12.2. The number of ether oxygens (including phenoxy) is 3. The van der Waals surface area contributed by atoms with Crippen molar-refractivity contribution in [2.75, 3.05) is 13.7 Å². The number of aryl methyl sites for hydroxylation is 1. The molecule has 6 rings (SSSR count). The molecule has 1 unspecified atom stereocenters. The molecule has 3 aromatic carbocycles. The van der Waals surface area contributed by atoms with Crippen LogP contribution in [0.1, 0.15) is 54.9 Å². The van der Waals surface area contributed by atoms with Crippen LogP contribution in [0, 0.1) is 12.7 Å². The third-order valence-corrected chi connectivity index (χ3v) is 10.3. The van der Waals surface area contributed by atoms with Crippen LogP contribution >= 0.6 is 11.3 Å². The maximum absolute atomic E-state index is 14.9. The zero-order valence-electron chi connectivity index (χ0n) is 29.5. The lowest BCUT2D eigenvalue weighted by molar-refractivity contribution is -0.154. The topological polar surface area (TPSA) is 119 Å². The zero-order chi connectivity index (χ0) is 36.8. The molecule has 0 spiro atoms. The van der Waals surface area contributed by atoms with Crippen LogP contribution in [0.2, 0.25) is 0 Å². The van der Waals surface area contributed by atoms with Gasteiger partial charge in [0.1, 0.15) is 33.5 Å². The molecule has 3 heterocycles. The summed E-state index contributed by atoms with van der Waals surface area (Å²) in [6.45, 7) is 5.61. The predicted molar refractivity (Wildman–Crippen MR) is 197 cm³/mol. The van der Waals surface area contributed by atoms with Crippen molar-refractivity contribution in [1.82, 2.24) is 24.1 Å². The molecule has 0 bridgehead atoms. The van der Waals surface area contributed by atoms with Crippen molar-refractivity contribution in [2.45, 2.75) is 64.8 Å². The number of halogens is 1. The summed E-state index contributed by atoms with van der Waals surface area (Å²) in [6, 6.07) is 23.3. The molecule has 0 saturated heterocycles. The summed E-state index contributed by atoms with van der Waals surface area (Å²) in [5.41, 5.74) is -0.132. The summed E-state index contributed by atoms with van der Waals surface area (Å²) in [4.78, 5) is 44.6. The molecule has 0 amide bonds. The van der Waals surface area contributed by atoms with Gasteiger partial charge in [-0.25, -0.2) is 18.5 Å². The summed E-state index contributed by atoms with van der Waals surface area (Å²) >= 11 is 1.19. The minimum absolute atomic E-state index is 0.0331. The van der Waals surface area contributed by atoms with E-state index >= 15 is 0 Å². The molecule has 1 atom stereocenters. The highest BCUT2D eigenvalue weighted by atomic mass is 32.1. The van der Waals surface area contributed by atoms with Gasteiger partial charge in [0.05, 0.1) is 31.5 Å². The monoisotopic (exact) mass is 725 g/mol. The quantitative estimate of drug-likeness (QED) is 0.0868. The highest BCUT2D eigenvalue weighted by Crippen LogP contribution is 2.35. The SMILES string of the molecule is COc1ccc(F)cc1C(CCCOCc1ccccc1)Cn1c(=O)n(C(C)(C)C(=O)OCc2ccccc2)c(=O)c2c(C)c(-n3nccn3)sc21. The average molecular weight is 726 g/mol. The summed E-state index contributed by atoms with van der Waals surface area (Å²) in [5.74, 6) is -1.20. The van der Waals surface area contributed by atoms with Crippen molar-refractivity contribution in [2.24, 2.45) is 0 Å². The fourth-order valence-corrected chi connectivity index (χ4v) is 7.50. The minimum Gasteiger partial charge on any atom is -0.496 e. The molecule has 0 fully saturated rings. The van der Waals surface area contributed by atoms with Crippen molar-refractivity contribution in [1.29, 1.82) is 0 Å². The van der Waals surface area contributed by atoms with Crippen molar-refractivity contribution >= 4 is 27.5 Å². The van der Waals surface area contributed by atoms with Gasteiger partial charge >= 0.3 is 11.7 Å². The first-order chi connectivity index (χ1) is 25.1. The van der Waals surface area contributed by atoms with Crippen molar-refractivity contribution in [3.05, 3.63) is 140 Å². The Kier molecular flexibility index (Phi) is 11.1. The fraction of sp³-hybridized carbons (Fsp3) is 0.308. The Bertz CT molecular complexity index is 2270. The van der Waals surface area contributed by atoms with Crippen LogP contribution in [0.3, 0.4) is 0 Å². The Morgan fingerprint density at radius 1 is 0.942 bits per heavy atom. The summed E-state index contributed by atoms with van der Waals surface area (Å²) in [7, 11) is 1.51. The molecule has 0 aliphatic heterocycles. The number of nitrogens with zero attached hydrogens (tertiary/aromatic N) is 5. The molecule has 6 aromatic rings. The minimum atomic E-state index is -1.70. The lowest BCUT2D eigenvalue weighted by atomic mass is 9.93. The fourth-order valence-electron chi connectivity index (χ4n) is 6.28. The molecule has 3 aromatic heterocycles. The number of carbonyl (C=O) groups excluding carboxylic acids is 1. The third kappa shape index (κ3) is 7.60. The van der Waals surface area contributed by atoms with Crippen LogP contribution < -0.4 is 16.0 Å². The Balaban J connectivity index is 1.43. The van der Waals surface area contributed by atoms with Gasteiger partial charge in [0.15, 0.2) is 0 Å². The van der Waals surface area contributed by atoms with E-state index in [2.05, 4.69) is 10.2 Å². The standard InChI is InChI=1S/C39H40FN5O6S/c1-26-33-34(46)44(39(2,3)37(47)51-25-28-14-9-6-10-15-28)38(48)43(36(33)52-35(26)45-41-19-20-42-45)23-29(31-22-30(40)17-18-32(31)49-4)16-11-21-50-24-27-12-7-5-8-13-27/h5-10,12-15,17-20,22,29H,11,16,21,23-25H2,1-4H3. The Morgan fingerprint density at radius 3 is 2.25 bits per heavy atom. The second-order valence-corrected chi connectivity index (χ2v) is 13.9. The summed E-state index contributed by atoms with van der Waals surface area (Å²) in [6.07, 6.45) is 4.11. The lowest BCUT2D eigenvalue weighted by Gasteiger charge is -2.27. The van der Waals surface area contributed by atoms with E-state index in [9.17, 15) is 18.8 Å². The number of esters is 1. The van der Waals surface area contributed by atoms with Gasteiger partial charge in [0.25, 0.3) is 5.56 Å². The van der Waals surface area contributed by atoms with E-state index in [0.717, 1.165) is 15.7 Å². The summed E-state index contributed by atoms with van der Waals surface area (Å²) in [5, 5.41) is 9.33. The molecule has 0 aliphatic rings. The van der Waals surface area contributed by atoms with Gasteiger partial charge in [-0.2, -0.15) is 10.2 Å². The van der Waals surface area contributed by atoms with E-state index in [4.69, 9.17) is 14.2 Å². The van der Waals surface area contributed by atoms with Crippen LogP contribution in [-0.4, -0.2) is 43.8 Å². The molecule has 52 heavy (non-hydrogen) atoms. The number of thiophene rings is 1. The van der Waals surface area contributed by atoms with E-state index in [1.807, 2.05) is 60.7 Å². The maximum atomic E-state index is 14.9. The number of benzene rings is 3.